The van der Waals surface area contributed by atoms with Gasteiger partial charge in [-0.2, -0.15) is 4.99 Å². The van der Waals surface area contributed by atoms with E-state index in [4.69, 9.17) is 0 Å². The summed E-state index contributed by atoms with van der Waals surface area (Å²) in [6.45, 7) is 0. The molecule has 1 atom stereocenters. The molecule has 0 N–H and O–H groups in total. The Balaban J connectivity index is 2.51. The van der Waals surface area contributed by atoms with E-state index >= 15 is 0 Å². The van der Waals surface area contributed by atoms with E-state index in [0.29, 0.717) is 12.0 Å². The normalized spacial score (nSPS) is 19.6. The maximum Gasteiger partial charge on any atom is 0.235 e. The number of aliphatic imine (C=N–C) groups is 1. The highest BCUT2D eigenvalue weighted by Gasteiger charge is 2.23. The third-order valence-electron chi connectivity index (χ3n) is 2.20. The highest BCUT2D eigenvalue weighted by Crippen LogP contribution is 2.39. The second kappa shape index (κ2) is 3.95. The summed E-state index contributed by atoms with van der Waals surface area (Å²) in [6.07, 6.45) is 2.21. The summed E-state index contributed by atoms with van der Waals surface area (Å²) < 4.78 is 13.4. The number of fused-ring (bicyclic) bond motifs is 1. The Morgan fingerprint density at radius 1 is 1.57 bits per heavy atom. The number of benzene rings is 1. The van der Waals surface area contributed by atoms with Crippen molar-refractivity contribution < 1.29 is 9.18 Å². The Morgan fingerprint density at radius 2 is 2.43 bits per heavy atom. The molecule has 0 fully saturated rings. The summed E-state index contributed by atoms with van der Waals surface area (Å²) in [4.78, 5) is 14.7. The maximum absolute atomic E-state index is 13.4. The van der Waals surface area contributed by atoms with Gasteiger partial charge in [0.15, 0.2) is 0 Å². The standard InChI is InChI=1S/C10H8FNOS/c11-7-2-1-3-9-10(7)8(12-6-13)4-5-14-9/h1-3,8H,4-5H2. The van der Waals surface area contributed by atoms with Crippen molar-refractivity contribution in [3.63, 3.8) is 0 Å². The van der Waals surface area contributed by atoms with E-state index < -0.39 is 0 Å². The fraction of sp³-hybridized carbons (Fsp3) is 0.300. The van der Waals surface area contributed by atoms with Gasteiger partial charge in [-0.05, 0) is 18.6 Å². The summed E-state index contributed by atoms with van der Waals surface area (Å²) in [6, 6.07) is 4.59. The Hall–Kier alpha value is -1.12. The van der Waals surface area contributed by atoms with Gasteiger partial charge in [-0.25, -0.2) is 9.18 Å². The topological polar surface area (TPSA) is 29.4 Å². The average molecular weight is 209 g/mol. The molecule has 1 heterocycles. The molecule has 72 valence electrons. The molecule has 1 aliphatic heterocycles. The Kier molecular flexibility index (Phi) is 2.66. The second-order valence-corrected chi connectivity index (χ2v) is 4.16. The lowest BCUT2D eigenvalue weighted by Crippen LogP contribution is -2.07. The smallest absolute Gasteiger partial charge is 0.211 e. The van der Waals surface area contributed by atoms with Crippen LogP contribution in [0.4, 0.5) is 4.39 Å². The number of isocyanates is 1. The summed E-state index contributed by atoms with van der Waals surface area (Å²) >= 11 is 1.60. The Bertz CT molecular complexity index is 401. The van der Waals surface area contributed by atoms with Crippen LogP contribution in [0.25, 0.3) is 0 Å². The van der Waals surface area contributed by atoms with Gasteiger partial charge in [0.1, 0.15) is 5.82 Å². The molecule has 0 saturated heterocycles. The van der Waals surface area contributed by atoms with Crippen molar-refractivity contribution in [2.24, 2.45) is 4.99 Å². The van der Waals surface area contributed by atoms with E-state index in [1.165, 1.54) is 12.1 Å². The van der Waals surface area contributed by atoms with Gasteiger partial charge in [0.05, 0.1) is 6.04 Å². The summed E-state index contributed by atoms with van der Waals surface area (Å²) in [5, 5.41) is 0. The number of hydrogen-bond donors (Lipinski definition) is 0. The molecule has 0 bridgehead atoms. The van der Waals surface area contributed by atoms with Crippen molar-refractivity contribution in [1.82, 2.24) is 0 Å². The van der Waals surface area contributed by atoms with Crippen LogP contribution in [0.2, 0.25) is 0 Å². The fourth-order valence-corrected chi connectivity index (χ4v) is 2.71. The Morgan fingerprint density at radius 3 is 3.21 bits per heavy atom. The minimum Gasteiger partial charge on any atom is -0.211 e. The lowest BCUT2D eigenvalue weighted by Gasteiger charge is -2.20. The molecule has 1 aliphatic rings. The van der Waals surface area contributed by atoms with E-state index in [-0.39, 0.29) is 11.9 Å². The van der Waals surface area contributed by atoms with Crippen LogP contribution in [-0.4, -0.2) is 11.8 Å². The van der Waals surface area contributed by atoms with Crippen LogP contribution in [0, 0.1) is 5.82 Å². The minimum absolute atomic E-state index is 0.279. The lowest BCUT2D eigenvalue weighted by atomic mass is 10.0. The molecule has 0 aliphatic carbocycles. The van der Waals surface area contributed by atoms with Crippen LogP contribution in [-0.2, 0) is 4.79 Å². The number of nitrogens with zero attached hydrogens (tertiary/aromatic N) is 1. The molecular formula is C10H8FNOS. The highest BCUT2D eigenvalue weighted by molar-refractivity contribution is 7.99. The molecule has 14 heavy (non-hydrogen) atoms. The number of halogens is 1. The van der Waals surface area contributed by atoms with Gasteiger partial charge in [-0.1, -0.05) is 6.07 Å². The SMILES string of the molecule is O=C=NC1CCSc2cccc(F)c21. The fourth-order valence-electron chi connectivity index (χ4n) is 1.58. The molecule has 4 heteroatoms. The van der Waals surface area contributed by atoms with Crippen LogP contribution in [0.5, 0.6) is 0 Å². The van der Waals surface area contributed by atoms with E-state index in [0.717, 1.165) is 10.6 Å². The number of rotatable bonds is 1. The molecule has 2 nitrogen and oxygen atoms in total. The molecule has 1 aromatic rings. The van der Waals surface area contributed by atoms with E-state index in [1.54, 1.807) is 17.8 Å². The van der Waals surface area contributed by atoms with E-state index in [1.807, 2.05) is 6.07 Å². The van der Waals surface area contributed by atoms with Gasteiger partial charge >= 0.3 is 0 Å². The molecule has 1 unspecified atom stereocenters. The molecule has 0 amide bonds. The first-order valence-corrected chi connectivity index (χ1v) is 5.29. The van der Waals surface area contributed by atoms with E-state index in [2.05, 4.69) is 4.99 Å². The third kappa shape index (κ3) is 1.59. The van der Waals surface area contributed by atoms with Crippen molar-refractivity contribution in [2.45, 2.75) is 17.4 Å². The lowest BCUT2D eigenvalue weighted by molar-refractivity contribution is 0.541. The predicted molar refractivity (Wildman–Crippen MR) is 52.6 cm³/mol. The number of hydrogen-bond acceptors (Lipinski definition) is 3. The third-order valence-corrected chi connectivity index (χ3v) is 3.31. The van der Waals surface area contributed by atoms with Gasteiger partial charge in [0, 0.05) is 16.2 Å². The average Bonchev–Trinajstić information content (AvgIpc) is 2.19. The van der Waals surface area contributed by atoms with Crippen molar-refractivity contribution in [3.8, 4) is 0 Å². The molecule has 2 rings (SSSR count). The van der Waals surface area contributed by atoms with Crippen molar-refractivity contribution in [3.05, 3.63) is 29.6 Å². The molecular weight excluding hydrogens is 201 g/mol. The molecule has 0 saturated carbocycles. The zero-order valence-electron chi connectivity index (χ0n) is 7.37. The zero-order chi connectivity index (χ0) is 9.97. The monoisotopic (exact) mass is 209 g/mol. The van der Waals surface area contributed by atoms with Gasteiger partial charge in [0.25, 0.3) is 0 Å². The van der Waals surface area contributed by atoms with E-state index in [9.17, 15) is 9.18 Å². The summed E-state index contributed by atoms with van der Waals surface area (Å²) in [5.41, 5.74) is 0.548. The van der Waals surface area contributed by atoms with Crippen LogP contribution >= 0.6 is 11.8 Å². The van der Waals surface area contributed by atoms with Crippen LogP contribution in [0.15, 0.2) is 28.1 Å². The molecule has 0 aromatic heterocycles. The van der Waals surface area contributed by atoms with Gasteiger partial charge < -0.3 is 0 Å². The van der Waals surface area contributed by atoms with Crippen LogP contribution in [0.1, 0.15) is 18.0 Å². The number of carbonyl (C=O) groups excluding carboxylic acids is 1. The van der Waals surface area contributed by atoms with Crippen LogP contribution in [0.3, 0.4) is 0 Å². The maximum atomic E-state index is 13.4. The van der Waals surface area contributed by atoms with Crippen molar-refractivity contribution in [2.75, 3.05) is 5.75 Å². The second-order valence-electron chi connectivity index (χ2n) is 3.02. The van der Waals surface area contributed by atoms with Crippen LogP contribution < -0.4 is 0 Å². The predicted octanol–water partition coefficient (Wildman–Crippen LogP) is 2.70. The van der Waals surface area contributed by atoms with Gasteiger partial charge in [-0.15, -0.1) is 11.8 Å². The van der Waals surface area contributed by atoms with Crippen molar-refractivity contribution >= 4 is 17.8 Å². The zero-order valence-corrected chi connectivity index (χ0v) is 8.18. The first kappa shape index (κ1) is 9.44. The summed E-state index contributed by atoms with van der Waals surface area (Å²) in [7, 11) is 0. The minimum atomic E-state index is -0.343. The van der Waals surface area contributed by atoms with Crippen molar-refractivity contribution in [1.29, 1.82) is 0 Å². The van der Waals surface area contributed by atoms with Gasteiger partial charge in [-0.3, -0.25) is 0 Å². The molecule has 1 aromatic carbocycles. The van der Waals surface area contributed by atoms with Gasteiger partial charge in [0.2, 0.25) is 6.08 Å². The molecule has 0 radical (unpaired) electrons. The Labute approximate surface area is 85.2 Å². The first-order valence-electron chi connectivity index (χ1n) is 4.31. The largest absolute Gasteiger partial charge is 0.235 e. The highest BCUT2D eigenvalue weighted by atomic mass is 32.2. The quantitative estimate of drug-likeness (QED) is 0.525. The first-order chi connectivity index (χ1) is 6.83. The number of thioether (sulfide) groups is 1. The summed E-state index contributed by atoms with van der Waals surface area (Å²) in [5.74, 6) is 0.588. The molecule has 0 spiro atoms.